The second-order valence-corrected chi connectivity index (χ2v) is 14.6. The van der Waals surface area contributed by atoms with Gasteiger partial charge < -0.3 is 24.6 Å². The Morgan fingerprint density at radius 2 is 1.64 bits per heavy atom. The lowest BCUT2D eigenvalue weighted by atomic mass is 9.81. The second-order valence-electron chi connectivity index (χ2n) is 13.6. The van der Waals surface area contributed by atoms with Crippen LogP contribution >= 0.6 is 11.9 Å². The maximum absolute atomic E-state index is 14.0. The van der Waals surface area contributed by atoms with Crippen LogP contribution in [0.4, 0.5) is 0 Å². The van der Waals surface area contributed by atoms with Crippen molar-refractivity contribution in [1.29, 1.82) is 0 Å². The van der Waals surface area contributed by atoms with Gasteiger partial charge in [-0.05, 0) is 77.5 Å². The van der Waals surface area contributed by atoms with Crippen molar-refractivity contribution in [3.8, 4) is 17.6 Å². The number of allylic oxidation sites excluding steroid dienone is 1. The summed E-state index contributed by atoms with van der Waals surface area (Å²) in [7, 11) is 1.25. The summed E-state index contributed by atoms with van der Waals surface area (Å²) < 4.78 is 19.7. The molecule has 10 heteroatoms. The summed E-state index contributed by atoms with van der Waals surface area (Å²) in [5.41, 5.74) is -2.26. The normalized spacial score (nSPS) is 13.8. The largest absolute Gasteiger partial charge is 0.481 e. The third-order valence-electron chi connectivity index (χ3n) is 8.01. The van der Waals surface area contributed by atoms with E-state index in [2.05, 4.69) is 28.8 Å². The van der Waals surface area contributed by atoms with E-state index in [-0.39, 0.29) is 19.4 Å². The smallest absolute Gasteiger partial charge is 0.339 e. The molecule has 0 aliphatic heterocycles. The molecule has 1 aromatic carbocycles. The van der Waals surface area contributed by atoms with Crippen molar-refractivity contribution in [2.45, 2.75) is 142 Å². The number of esters is 2. The van der Waals surface area contributed by atoms with Gasteiger partial charge in [0.15, 0.2) is 5.60 Å². The molecular weight excluding hydrogens is 653 g/mol. The molecule has 0 spiro atoms. The fourth-order valence-electron chi connectivity index (χ4n) is 5.31. The maximum Gasteiger partial charge on any atom is 0.339 e. The van der Waals surface area contributed by atoms with E-state index in [1.165, 1.54) is 45.6 Å². The van der Waals surface area contributed by atoms with Crippen molar-refractivity contribution < 1.29 is 33.7 Å². The van der Waals surface area contributed by atoms with Gasteiger partial charge in [0.25, 0.3) is 0 Å². The van der Waals surface area contributed by atoms with Crippen molar-refractivity contribution in [3.05, 3.63) is 42.0 Å². The van der Waals surface area contributed by atoms with Gasteiger partial charge in [-0.1, -0.05) is 101 Å². The highest BCUT2D eigenvalue weighted by molar-refractivity contribution is 7.97. The highest BCUT2D eigenvalue weighted by atomic mass is 32.2. The van der Waals surface area contributed by atoms with Gasteiger partial charge >= 0.3 is 11.9 Å². The molecule has 9 nitrogen and oxygen atoms in total. The van der Waals surface area contributed by atoms with Crippen LogP contribution in [0, 0.1) is 17.8 Å². The topological polar surface area (TPSA) is 123 Å². The molecule has 282 valence electrons. The minimum absolute atomic E-state index is 0.000816. The van der Waals surface area contributed by atoms with E-state index in [0.717, 1.165) is 37.1 Å². The van der Waals surface area contributed by atoms with Crippen LogP contribution in [0.25, 0.3) is 0 Å². The van der Waals surface area contributed by atoms with Crippen molar-refractivity contribution in [2.24, 2.45) is 5.92 Å². The highest BCUT2D eigenvalue weighted by Gasteiger charge is 2.49. The molecule has 3 atom stereocenters. The van der Waals surface area contributed by atoms with E-state index in [0.29, 0.717) is 18.6 Å². The Kier molecular flexibility index (Phi) is 23.3. The van der Waals surface area contributed by atoms with Crippen molar-refractivity contribution in [3.63, 3.8) is 0 Å². The summed E-state index contributed by atoms with van der Waals surface area (Å²) in [5, 5.41) is 14.6. The summed E-state index contributed by atoms with van der Waals surface area (Å²) in [5.74, 6) is 3.89. The minimum atomic E-state index is -2.14. The van der Waals surface area contributed by atoms with Gasteiger partial charge in [0.05, 0.1) is 13.0 Å². The van der Waals surface area contributed by atoms with Gasteiger partial charge in [0.2, 0.25) is 5.91 Å². The molecule has 0 bridgehead atoms. The molecule has 0 heterocycles. The number of amides is 1. The Bertz CT molecular complexity index is 1200. The van der Waals surface area contributed by atoms with Gasteiger partial charge in [-0.25, -0.2) is 9.59 Å². The first-order valence-corrected chi connectivity index (χ1v) is 19.4. The maximum atomic E-state index is 14.0. The number of hydrogen-bond acceptors (Lipinski definition) is 9. The molecule has 3 N–H and O–H groups in total. The Morgan fingerprint density at radius 1 is 0.960 bits per heavy atom. The molecule has 1 rings (SSSR count). The summed E-state index contributed by atoms with van der Waals surface area (Å²) in [4.78, 5) is 40.3. The number of aliphatic hydroxyl groups is 1. The number of hydrogen-bond donors (Lipinski definition) is 3. The SMILES string of the molecule is CC#CCOc1ccc(C[C@H](NC(=O)[C@@H](/C=C/CCCCCNSCCCCCCCC)[C@@](O)(CCC)C(=O)OC(C)(C)C)C(=O)OC)cc1. The number of rotatable bonds is 26. The fourth-order valence-corrected chi connectivity index (χ4v) is 6.09. The standard InChI is InChI=1S/C40H64N2O7S/c1-8-11-13-14-18-21-30-50-41-28-20-17-15-16-19-22-34(40(46,27-10-3)38(45)49-39(4,5)6)36(43)42-35(37(44)47-7)31-32-23-25-33(26-24-32)48-29-12-9-2/h19,22-26,34-35,41,46H,8,10-11,13-18,20-21,27-31H2,1-7H3,(H,42,43)/b22-19+/t34-,35+,40+/m1/s1. The fraction of sp³-hybridized carbons (Fsp3) is 0.675. The Balaban J connectivity index is 2.96. The number of ether oxygens (including phenoxy) is 3. The van der Waals surface area contributed by atoms with Crippen LogP contribution in [-0.2, 0) is 30.3 Å². The first kappa shape index (κ1) is 45.0. The minimum Gasteiger partial charge on any atom is -0.481 e. The molecule has 50 heavy (non-hydrogen) atoms. The second kappa shape index (κ2) is 25.9. The molecule has 1 amide bonds. The van der Waals surface area contributed by atoms with Gasteiger partial charge in [0, 0.05) is 18.7 Å². The Hall–Kier alpha value is -3.00. The van der Waals surface area contributed by atoms with E-state index in [1.807, 2.05) is 13.0 Å². The van der Waals surface area contributed by atoms with Gasteiger partial charge in [-0.15, -0.1) is 5.92 Å². The van der Waals surface area contributed by atoms with E-state index in [9.17, 15) is 19.5 Å². The van der Waals surface area contributed by atoms with Crippen LogP contribution in [0.2, 0.25) is 0 Å². The summed E-state index contributed by atoms with van der Waals surface area (Å²) in [6.07, 6.45) is 15.4. The van der Waals surface area contributed by atoms with E-state index in [4.69, 9.17) is 14.2 Å². The molecule has 0 aliphatic carbocycles. The van der Waals surface area contributed by atoms with E-state index < -0.39 is 41.0 Å². The lowest BCUT2D eigenvalue weighted by Crippen LogP contribution is -2.56. The third-order valence-corrected chi connectivity index (χ3v) is 8.91. The molecule has 0 saturated carbocycles. The zero-order valence-corrected chi connectivity index (χ0v) is 32.6. The molecule has 0 fully saturated rings. The van der Waals surface area contributed by atoms with Crippen molar-refractivity contribution in [2.75, 3.05) is 26.0 Å². The van der Waals surface area contributed by atoms with E-state index >= 15 is 0 Å². The first-order chi connectivity index (χ1) is 23.9. The zero-order chi connectivity index (χ0) is 37.3. The number of carbonyl (C=O) groups excluding carboxylic acids is 3. The quantitative estimate of drug-likeness (QED) is 0.0294. The predicted molar refractivity (Wildman–Crippen MR) is 204 cm³/mol. The van der Waals surface area contributed by atoms with Crippen LogP contribution in [0.1, 0.15) is 124 Å². The summed E-state index contributed by atoms with van der Waals surface area (Å²) >= 11 is 1.80. The number of unbranched alkanes of at least 4 members (excludes halogenated alkanes) is 8. The monoisotopic (exact) mass is 716 g/mol. The number of methoxy groups -OCH3 is 1. The highest BCUT2D eigenvalue weighted by Crippen LogP contribution is 2.30. The molecule has 0 radical (unpaired) electrons. The molecule has 0 unspecified atom stereocenters. The van der Waals surface area contributed by atoms with E-state index in [1.54, 1.807) is 70.0 Å². The molecular formula is C40H64N2O7S. The Labute approximate surface area is 306 Å². The molecule has 0 saturated heterocycles. The van der Waals surface area contributed by atoms with Gasteiger partial charge in [0.1, 0.15) is 24.0 Å². The van der Waals surface area contributed by atoms with Crippen LogP contribution in [0.15, 0.2) is 36.4 Å². The molecule has 1 aromatic rings. The average Bonchev–Trinajstić information content (AvgIpc) is 3.07. The van der Waals surface area contributed by atoms with Crippen molar-refractivity contribution in [1.82, 2.24) is 10.0 Å². The van der Waals surface area contributed by atoms with Crippen LogP contribution in [0.5, 0.6) is 5.75 Å². The predicted octanol–water partition coefficient (Wildman–Crippen LogP) is 7.49. The van der Waals surface area contributed by atoms with Crippen LogP contribution in [-0.4, -0.2) is 66.2 Å². The number of nitrogens with one attached hydrogen (secondary N) is 2. The lowest BCUT2D eigenvalue weighted by molar-refractivity contribution is -0.184. The third kappa shape index (κ3) is 18.8. The zero-order valence-electron chi connectivity index (χ0n) is 31.7. The van der Waals surface area contributed by atoms with Crippen LogP contribution < -0.4 is 14.8 Å². The average molecular weight is 717 g/mol. The van der Waals surface area contributed by atoms with Crippen LogP contribution in [0.3, 0.4) is 0 Å². The Morgan fingerprint density at radius 3 is 2.28 bits per heavy atom. The van der Waals surface area contributed by atoms with Gasteiger partial charge in [-0.3, -0.25) is 9.52 Å². The molecule has 0 aromatic heterocycles. The number of carbonyl (C=O) groups is 3. The van der Waals surface area contributed by atoms with Gasteiger partial charge in [-0.2, -0.15) is 0 Å². The van der Waals surface area contributed by atoms with Crippen molar-refractivity contribution >= 4 is 29.8 Å². The number of benzene rings is 1. The first-order valence-electron chi connectivity index (χ1n) is 18.4. The molecule has 0 aliphatic rings. The summed E-state index contributed by atoms with van der Waals surface area (Å²) in [6, 6.07) is 6.07. The lowest BCUT2D eigenvalue weighted by Gasteiger charge is -2.34. The summed E-state index contributed by atoms with van der Waals surface area (Å²) in [6.45, 7) is 12.1.